The Hall–Kier alpha value is -4.32. The van der Waals surface area contributed by atoms with E-state index in [1.54, 1.807) is 47.5 Å². The molecule has 40 heavy (non-hydrogen) atoms. The van der Waals surface area contributed by atoms with Crippen molar-refractivity contribution in [3.63, 3.8) is 0 Å². The summed E-state index contributed by atoms with van der Waals surface area (Å²) in [4.78, 5) is 25.5. The molecule has 1 fully saturated rings. The second kappa shape index (κ2) is 11.0. The molecule has 0 spiro atoms. The van der Waals surface area contributed by atoms with Crippen LogP contribution in [0.1, 0.15) is 34.0 Å². The zero-order valence-corrected chi connectivity index (χ0v) is 22.4. The number of rotatable bonds is 6. The summed E-state index contributed by atoms with van der Waals surface area (Å²) in [5, 5.41) is 11.1. The highest BCUT2D eigenvalue weighted by Gasteiger charge is 2.35. The van der Waals surface area contributed by atoms with Crippen LogP contribution < -0.4 is 10.2 Å². The minimum atomic E-state index is -4.59. The number of benzene rings is 2. The molecule has 1 aliphatic heterocycles. The van der Waals surface area contributed by atoms with Crippen LogP contribution in [-0.2, 0) is 6.18 Å². The van der Waals surface area contributed by atoms with Crippen LogP contribution in [0.5, 0.6) is 0 Å². The van der Waals surface area contributed by atoms with E-state index in [2.05, 4.69) is 37.4 Å². The standard InChI is InChI=1S/C28H29F3N8O/c1-4-37-7-9-38(10-8-37)26-12-20(11-23(19(26)3)28(29,30)31)27(40)34-22-6-5-18(2)25(13-22)39-16-24(35-36-39)21-14-32-17-33-15-21/h5-6,11-17H,4,7-10H2,1-3H3,(H,34,40). The predicted octanol–water partition coefficient (Wildman–Crippen LogP) is 4.75. The van der Waals surface area contributed by atoms with Crippen molar-refractivity contribution in [1.29, 1.82) is 0 Å². The first-order chi connectivity index (χ1) is 19.1. The fourth-order valence-electron chi connectivity index (χ4n) is 4.84. The Morgan fingerprint density at radius 2 is 1.73 bits per heavy atom. The predicted molar refractivity (Wildman–Crippen MR) is 146 cm³/mol. The van der Waals surface area contributed by atoms with Crippen LogP contribution in [0.25, 0.3) is 16.9 Å². The molecule has 0 bridgehead atoms. The van der Waals surface area contributed by atoms with Gasteiger partial charge in [-0.15, -0.1) is 5.10 Å². The fourth-order valence-corrected chi connectivity index (χ4v) is 4.84. The Bertz CT molecular complexity index is 1510. The van der Waals surface area contributed by atoms with Gasteiger partial charge in [-0.2, -0.15) is 13.2 Å². The number of hydrogen-bond acceptors (Lipinski definition) is 7. The molecular weight excluding hydrogens is 521 g/mol. The molecule has 0 saturated carbocycles. The van der Waals surface area contributed by atoms with Gasteiger partial charge in [0, 0.05) is 61.1 Å². The topological polar surface area (TPSA) is 92.1 Å². The Labute approximate surface area is 229 Å². The van der Waals surface area contributed by atoms with Gasteiger partial charge in [-0.05, 0) is 55.8 Å². The van der Waals surface area contributed by atoms with Gasteiger partial charge in [-0.25, -0.2) is 14.6 Å². The van der Waals surface area contributed by atoms with E-state index in [1.807, 2.05) is 11.8 Å². The maximum atomic E-state index is 14.0. The van der Waals surface area contributed by atoms with Crippen molar-refractivity contribution in [2.75, 3.05) is 42.9 Å². The lowest BCUT2D eigenvalue weighted by Gasteiger charge is -2.37. The summed E-state index contributed by atoms with van der Waals surface area (Å²) in [5.41, 5.74) is 2.89. The number of aryl methyl sites for hydroxylation is 1. The number of nitrogens with zero attached hydrogens (tertiary/aromatic N) is 7. The number of halogens is 3. The third-order valence-corrected chi connectivity index (χ3v) is 7.17. The van der Waals surface area contributed by atoms with E-state index in [-0.39, 0.29) is 11.1 Å². The van der Waals surface area contributed by atoms with Gasteiger partial charge in [-0.1, -0.05) is 18.2 Å². The first-order valence-corrected chi connectivity index (χ1v) is 12.9. The van der Waals surface area contributed by atoms with Crippen molar-refractivity contribution in [3.8, 4) is 16.9 Å². The summed E-state index contributed by atoms with van der Waals surface area (Å²) in [6.07, 6.45) is 1.79. The molecule has 2 aromatic heterocycles. The van der Waals surface area contributed by atoms with Gasteiger partial charge < -0.3 is 15.1 Å². The van der Waals surface area contributed by atoms with Gasteiger partial charge in [0.25, 0.3) is 5.91 Å². The lowest BCUT2D eigenvalue weighted by molar-refractivity contribution is -0.138. The third-order valence-electron chi connectivity index (χ3n) is 7.17. The summed E-state index contributed by atoms with van der Waals surface area (Å²) in [6, 6.07) is 7.69. The quantitative estimate of drug-likeness (QED) is 0.370. The molecule has 0 aliphatic carbocycles. The molecule has 9 nitrogen and oxygen atoms in total. The molecule has 0 radical (unpaired) electrons. The largest absolute Gasteiger partial charge is 0.416 e. The maximum Gasteiger partial charge on any atom is 0.416 e. The van der Waals surface area contributed by atoms with E-state index >= 15 is 0 Å². The Morgan fingerprint density at radius 1 is 1.00 bits per heavy atom. The number of amides is 1. The maximum absolute atomic E-state index is 14.0. The van der Waals surface area contributed by atoms with Crippen molar-refractivity contribution in [1.82, 2.24) is 29.9 Å². The molecule has 1 aliphatic rings. The zero-order chi connectivity index (χ0) is 28.4. The number of carbonyl (C=O) groups excluding carboxylic acids is 1. The SMILES string of the molecule is CCN1CCN(c2cc(C(=O)Nc3ccc(C)c(-n4cc(-c5cncnc5)nn4)c3)cc(C(F)(F)F)c2C)CC1. The molecule has 3 heterocycles. The number of hydrogen-bond donors (Lipinski definition) is 1. The molecule has 2 aromatic carbocycles. The molecule has 12 heteroatoms. The van der Waals surface area contributed by atoms with Crippen LogP contribution in [0.15, 0.2) is 55.2 Å². The Balaban J connectivity index is 1.43. The highest BCUT2D eigenvalue weighted by atomic mass is 19.4. The van der Waals surface area contributed by atoms with Crippen LogP contribution in [0.4, 0.5) is 24.5 Å². The van der Waals surface area contributed by atoms with Gasteiger partial charge >= 0.3 is 6.18 Å². The van der Waals surface area contributed by atoms with E-state index in [0.29, 0.717) is 41.4 Å². The average Bonchev–Trinajstić information content (AvgIpc) is 3.44. The normalized spacial score (nSPS) is 14.4. The third kappa shape index (κ3) is 5.67. The number of anilines is 2. The minimum Gasteiger partial charge on any atom is -0.369 e. The first kappa shape index (κ1) is 27.3. The summed E-state index contributed by atoms with van der Waals surface area (Å²) >= 11 is 0. The van der Waals surface area contributed by atoms with Crippen LogP contribution in [-0.4, -0.2) is 68.5 Å². The molecule has 0 unspecified atom stereocenters. The molecule has 0 atom stereocenters. The second-order valence-corrected chi connectivity index (χ2v) is 9.72. The van der Waals surface area contributed by atoms with Crippen molar-refractivity contribution in [3.05, 3.63) is 77.5 Å². The van der Waals surface area contributed by atoms with Crippen molar-refractivity contribution >= 4 is 17.3 Å². The molecule has 4 aromatic rings. The smallest absolute Gasteiger partial charge is 0.369 e. The second-order valence-electron chi connectivity index (χ2n) is 9.72. The number of carbonyl (C=O) groups is 1. The Kier molecular flexibility index (Phi) is 7.53. The van der Waals surface area contributed by atoms with Crippen LogP contribution >= 0.6 is 0 Å². The van der Waals surface area contributed by atoms with Crippen molar-refractivity contribution in [2.45, 2.75) is 26.9 Å². The van der Waals surface area contributed by atoms with Gasteiger partial charge in [-0.3, -0.25) is 4.79 Å². The highest BCUT2D eigenvalue weighted by Crippen LogP contribution is 2.37. The van der Waals surface area contributed by atoms with E-state index in [1.165, 1.54) is 13.3 Å². The summed E-state index contributed by atoms with van der Waals surface area (Å²) in [7, 11) is 0. The highest BCUT2D eigenvalue weighted by molar-refractivity contribution is 6.05. The van der Waals surface area contributed by atoms with Crippen LogP contribution in [0.3, 0.4) is 0 Å². The minimum absolute atomic E-state index is 0.0555. The number of piperazine rings is 1. The number of nitrogens with one attached hydrogen (secondary N) is 1. The molecule has 5 rings (SSSR count). The van der Waals surface area contributed by atoms with Crippen molar-refractivity contribution in [2.24, 2.45) is 0 Å². The van der Waals surface area contributed by atoms with E-state index < -0.39 is 17.6 Å². The first-order valence-electron chi connectivity index (χ1n) is 12.9. The van der Waals surface area contributed by atoms with Gasteiger partial charge in [0.05, 0.1) is 17.4 Å². The summed E-state index contributed by atoms with van der Waals surface area (Å²) in [6.45, 7) is 8.98. The molecule has 1 N–H and O–H groups in total. The van der Waals surface area contributed by atoms with Crippen LogP contribution in [0.2, 0.25) is 0 Å². The summed E-state index contributed by atoms with van der Waals surface area (Å²) in [5.74, 6) is -0.630. The molecular formula is C28H29F3N8O. The van der Waals surface area contributed by atoms with Gasteiger partial charge in [0.1, 0.15) is 12.0 Å². The van der Waals surface area contributed by atoms with E-state index in [4.69, 9.17) is 0 Å². The van der Waals surface area contributed by atoms with E-state index in [9.17, 15) is 18.0 Å². The van der Waals surface area contributed by atoms with Gasteiger partial charge in [0.15, 0.2) is 0 Å². The Morgan fingerprint density at radius 3 is 2.40 bits per heavy atom. The van der Waals surface area contributed by atoms with E-state index in [0.717, 1.165) is 31.3 Å². The van der Waals surface area contributed by atoms with Crippen LogP contribution in [0, 0.1) is 13.8 Å². The molecule has 208 valence electrons. The fraction of sp³-hybridized carbons (Fsp3) is 0.321. The number of likely N-dealkylation sites (N-methyl/N-ethyl adjacent to an activating group) is 1. The summed E-state index contributed by atoms with van der Waals surface area (Å²) < 4.78 is 43.6. The lowest BCUT2D eigenvalue weighted by atomic mass is 10.00. The monoisotopic (exact) mass is 550 g/mol. The number of aromatic nitrogens is 5. The zero-order valence-electron chi connectivity index (χ0n) is 22.4. The average molecular weight is 551 g/mol. The lowest BCUT2D eigenvalue weighted by Crippen LogP contribution is -2.46. The molecule has 1 saturated heterocycles. The van der Waals surface area contributed by atoms with Gasteiger partial charge in [0.2, 0.25) is 0 Å². The number of alkyl halides is 3. The van der Waals surface area contributed by atoms with Crippen molar-refractivity contribution < 1.29 is 18.0 Å². The molecule has 1 amide bonds.